The molecule has 6 heteroatoms. The molecule has 0 saturated carbocycles. The number of rotatable bonds is 3. The summed E-state index contributed by atoms with van der Waals surface area (Å²) in [7, 11) is 0. The predicted molar refractivity (Wildman–Crippen MR) is 66.9 cm³/mol. The molecule has 0 aliphatic rings. The summed E-state index contributed by atoms with van der Waals surface area (Å²) in [6.07, 6.45) is 3.25. The minimum Gasteiger partial charge on any atom is -0.332 e. The van der Waals surface area contributed by atoms with E-state index in [2.05, 4.69) is 20.6 Å². The first-order valence-corrected chi connectivity index (χ1v) is 5.98. The van der Waals surface area contributed by atoms with E-state index in [1.165, 1.54) is 0 Å². The zero-order chi connectivity index (χ0) is 12.1. The lowest BCUT2D eigenvalue weighted by atomic mass is 10.4. The van der Waals surface area contributed by atoms with Gasteiger partial charge in [0.05, 0.1) is 17.2 Å². The van der Waals surface area contributed by atoms with Gasteiger partial charge in [-0.05, 0) is 19.1 Å². The van der Waals surface area contributed by atoms with Crippen LogP contribution in [0.4, 0.5) is 10.5 Å². The Labute approximate surface area is 103 Å². The van der Waals surface area contributed by atoms with Gasteiger partial charge in [0.15, 0.2) is 0 Å². The van der Waals surface area contributed by atoms with E-state index in [4.69, 9.17) is 0 Å². The van der Waals surface area contributed by atoms with Crippen LogP contribution >= 0.6 is 11.3 Å². The van der Waals surface area contributed by atoms with Crippen LogP contribution in [0.2, 0.25) is 0 Å². The fourth-order valence-corrected chi connectivity index (χ4v) is 1.88. The Bertz CT molecular complexity index is 497. The van der Waals surface area contributed by atoms with Crippen molar-refractivity contribution in [3.63, 3.8) is 0 Å². The molecule has 0 saturated heterocycles. The first-order chi connectivity index (χ1) is 8.24. The molecule has 0 atom stereocenters. The largest absolute Gasteiger partial charge is 0.332 e. The highest BCUT2D eigenvalue weighted by Crippen LogP contribution is 2.07. The zero-order valence-electron chi connectivity index (χ0n) is 9.30. The molecule has 0 spiro atoms. The maximum atomic E-state index is 11.5. The molecule has 17 heavy (non-hydrogen) atoms. The van der Waals surface area contributed by atoms with Crippen molar-refractivity contribution in [3.05, 3.63) is 40.6 Å². The molecular weight excluding hydrogens is 236 g/mol. The average molecular weight is 248 g/mol. The summed E-state index contributed by atoms with van der Waals surface area (Å²) in [5.74, 6) is 0. The highest BCUT2D eigenvalue weighted by atomic mass is 32.1. The van der Waals surface area contributed by atoms with Crippen molar-refractivity contribution in [3.8, 4) is 0 Å². The molecule has 0 bridgehead atoms. The number of nitrogens with zero attached hydrogens (tertiary/aromatic N) is 2. The van der Waals surface area contributed by atoms with Crippen molar-refractivity contribution in [2.75, 3.05) is 5.32 Å². The van der Waals surface area contributed by atoms with E-state index < -0.39 is 0 Å². The van der Waals surface area contributed by atoms with E-state index in [1.807, 2.05) is 12.3 Å². The lowest BCUT2D eigenvalue weighted by Gasteiger charge is -2.05. The van der Waals surface area contributed by atoms with Crippen LogP contribution in [-0.2, 0) is 6.54 Å². The maximum absolute atomic E-state index is 11.5. The van der Waals surface area contributed by atoms with Crippen molar-refractivity contribution in [1.29, 1.82) is 0 Å². The molecule has 2 aromatic heterocycles. The summed E-state index contributed by atoms with van der Waals surface area (Å²) in [6.45, 7) is 2.37. The van der Waals surface area contributed by atoms with Crippen molar-refractivity contribution in [1.82, 2.24) is 15.3 Å². The van der Waals surface area contributed by atoms with Gasteiger partial charge >= 0.3 is 6.03 Å². The van der Waals surface area contributed by atoms with Crippen LogP contribution in [-0.4, -0.2) is 16.0 Å². The van der Waals surface area contributed by atoms with Gasteiger partial charge in [0.1, 0.15) is 0 Å². The Balaban J connectivity index is 1.82. The summed E-state index contributed by atoms with van der Waals surface area (Å²) in [6, 6.07) is 3.21. The summed E-state index contributed by atoms with van der Waals surface area (Å²) in [5.41, 5.74) is 1.59. The summed E-state index contributed by atoms with van der Waals surface area (Å²) in [4.78, 5) is 19.6. The number of carbonyl (C=O) groups is 1. The molecule has 5 nitrogen and oxygen atoms in total. The van der Waals surface area contributed by atoms with E-state index in [1.54, 1.807) is 35.9 Å². The van der Waals surface area contributed by atoms with E-state index in [-0.39, 0.29) is 6.03 Å². The van der Waals surface area contributed by atoms with Crippen LogP contribution in [0.25, 0.3) is 0 Å². The van der Waals surface area contributed by atoms with E-state index in [9.17, 15) is 4.79 Å². The number of carbonyl (C=O) groups excluding carboxylic acids is 1. The first kappa shape index (κ1) is 11.5. The first-order valence-electron chi connectivity index (χ1n) is 5.10. The van der Waals surface area contributed by atoms with E-state index in [0.717, 1.165) is 10.7 Å². The second-order valence-corrected chi connectivity index (χ2v) is 4.46. The Morgan fingerprint density at radius 1 is 1.41 bits per heavy atom. The number of hydrogen-bond donors (Lipinski definition) is 2. The van der Waals surface area contributed by atoms with Gasteiger partial charge in [0.2, 0.25) is 0 Å². The van der Waals surface area contributed by atoms with Crippen LogP contribution in [0.15, 0.2) is 29.9 Å². The molecule has 0 aliphatic carbocycles. The Kier molecular flexibility index (Phi) is 3.66. The van der Waals surface area contributed by atoms with Crippen LogP contribution in [0.3, 0.4) is 0 Å². The SMILES string of the molecule is Cc1nc(CNC(=O)Nc2ccncc2)cs1. The van der Waals surface area contributed by atoms with Gasteiger partial charge in [0.25, 0.3) is 0 Å². The van der Waals surface area contributed by atoms with Crippen molar-refractivity contribution in [2.45, 2.75) is 13.5 Å². The molecule has 0 unspecified atom stereocenters. The molecule has 0 aromatic carbocycles. The quantitative estimate of drug-likeness (QED) is 0.874. The number of hydrogen-bond acceptors (Lipinski definition) is 4. The molecule has 2 rings (SSSR count). The van der Waals surface area contributed by atoms with E-state index in [0.29, 0.717) is 12.2 Å². The van der Waals surface area contributed by atoms with E-state index >= 15 is 0 Å². The zero-order valence-corrected chi connectivity index (χ0v) is 10.1. The number of urea groups is 1. The number of nitrogens with one attached hydrogen (secondary N) is 2. The van der Waals surface area contributed by atoms with Crippen molar-refractivity contribution < 1.29 is 4.79 Å². The normalized spacial score (nSPS) is 9.94. The van der Waals surface area contributed by atoms with Gasteiger partial charge in [-0.15, -0.1) is 11.3 Å². The Hall–Kier alpha value is -1.95. The average Bonchev–Trinajstić information content (AvgIpc) is 2.74. The molecule has 2 aromatic rings. The third-order valence-corrected chi connectivity index (χ3v) is 2.86. The fourth-order valence-electron chi connectivity index (χ4n) is 1.27. The number of thiazole rings is 1. The minimum atomic E-state index is -0.248. The van der Waals surface area contributed by atoms with Gasteiger partial charge in [-0.2, -0.15) is 0 Å². The lowest BCUT2D eigenvalue weighted by molar-refractivity contribution is 0.251. The number of aromatic nitrogens is 2. The highest BCUT2D eigenvalue weighted by molar-refractivity contribution is 7.09. The molecule has 2 N–H and O–H groups in total. The molecule has 88 valence electrons. The maximum Gasteiger partial charge on any atom is 0.319 e. The fraction of sp³-hybridized carbons (Fsp3) is 0.182. The van der Waals surface area contributed by atoms with Gasteiger partial charge in [-0.25, -0.2) is 9.78 Å². The molecule has 2 heterocycles. The van der Waals surface area contributed by atoms with Crippen LogP contribution in [0, 0.1) is 6.92 Å². The van der Waals surface area contributed by atoms with Gasteiger partial charge < -0.3 is 10.6 Å². The van der Waals surface area contributed by atoms with Gasteiger partial charge in [0, 0.05) is 23.5 Å². The summed E-state index contributed by atoms with van der Waals surface area (Å²) < 4.78 is 0. The lowest BCUT2D eigenvalue weighted by Crippen LogP contribution is -2.28. The van der Waals surface area contributed by atoms with Crippen LogP contribution < -0.4 is 10.6 Å². The van der Waals surface area contributed by atoms with Crippen molar-refractivity contribution in [2.24, 2.45) is 0 Å². The molecule has 0 aliphatic heterocycles. The number of anilines is 1. The predicted octanol–water partition coefficient (Wildman–Crippen LogP) is 2.17. The second-order valence-electron chi connectivity index (χ2n) is 3.40. The topological polar surface area (TPSA) is 66.9 Å². The van der Waals surface area contributed by atoms with Gasteiger partial charge in [-0.1, -0.05) is 0 Å². The minimum absolute atomic E-state index is 0.248. The summed E-state index contributed by atoms with van der Waals surface area (Å²) >= 11 is 1.57. The third-order valence-electron chi connectivity index (χ3n) is 2.03. The highest BCUT2D eigenvalue weighted by Gasteiger charge is 2.03. The number of aryl methyl sites for hydroxylation is 1. The summed E-state index contributed by atoms with van der Waals surface area (Å²) in [5, 5.41) is 8.37. The number of amides is 2. The molecule has 0 radical (unpaired) electrons. The Morgan fingerprint density at radius 2 is 2.18 bits per heavy atom. The monoisotopic (exact) mass is 248 g/mol. The van der Waals surface area contributed by atoms with Crippen LogP contribution in [0.1, 0.15) is 10.7 Å². The van der Waals surface area contributed by atoms with Gasteiger partial charge in [-0.3, -0.25) is 4.98 Å². The third kappa shape index (κ3) is 3.53. The second kappa shape index (κ2) is 5.40. The molecule has 2 amide bonds. The molecule has 0 fully saturated rings. The smallest absolute Gasteiger partial charge is 0.319 e. The van der Waals surface area contributed by atoms with Crippen molar-refractivity contribution >= 4 is 23.1 Å². The Morgan fingerprint density at radius 3 is 2.82 bits per heavy atom. The standard InChI is InChI=1S/C11H12N4OS/c1-8-14-10(7-17-8)6-13-11(16)15-9-2-4-12-5-3-9/h2-5,7H,6H2,1H3,(H2,12,13,15,16). The molecular formula is C11H12N4OS. The number of pyridine rings is 1. The van der Waals surface area contributed by atoms with Crippen LogP contribution in [0.5, 0.6) is 0 Å².